The molecule has 0 fully saturated rings. The van der Waals surface area contributed by atoms with Gasteiger partial charge < -0.3 is 15.4 Å². The maximum atomic E-state index is 5.29. The lowest BCUT2D eigenvalue weighted by molar-refractivity contribution is 0.143. The smallest absolute Gasteiger partial charge is 0.191 e. The van der Waals surface area contributed by atoms with Crippen LogP contribution in [0.2, 0.25) is 0 Å². The number of ether oxygens (including phenoxy) is 1. The molecule has 0 atom stereocenters. The lowest BCUT2D eigenvalue weighted by atomic mass is 10.3. The van der Waals surface area contributed by atoms with Gasteiger partial charge in [-0.2, -0.15) is 11.3 Å². The molecule has 0 bridgehead atoms. The molecule has 0 aromatic carbocycles. The summed E-state index contributed by atoms with van der Waals surface area (Å²) in [6.07, 6.45) is 2.18. The lowest BCUT2D eigenvalue weighted by Gasteiger charge is -2.11. The Balaban J connectivity index is 0.00000324. The Hall–Kier alpha value is -0.340. The van der Waals surface area contributed by atoms with E-state index < -0.39 is 0 Å². The summed E-state index contributed by atoms with van der Waals surface area (Å²) in [6, 6.07) is 2.12. The molecule has 4 nitrogen and oxygen atoms in total. The maximum absolute atomic E-state index is 5.29. The molecule has 0 radical (unpaired) electrons. The minimum Gasteiger partial charge on any atom is -0.382 e. The number of nitrogens with one attached hydrogen (secondary N) is 2. The molecule has 0 amide bonds. The van der Waals surface area contributed by atoms with Crippen LogP contribution in [0.4, 0.5) is 0 Å². The maximum Gasteiger partial charge on any atom is 0.191 e. The average Bonchev–Trinajstić information content (AvgIpc) is 2.90. The van der Waals surface area contributed by atoms with Gasteiger partial charge in [-0.25, -0.2) is 0 Å². The highest BCUT2D eigenvalue weighted by atomic mass is 127. The Kier molecular flexibility index (Phi) is 12.5. The molecule has 1 aromatic rings. The summed E-state index contributed by atoms with van der Waals surface area (Å²) >= 11 is 1.71. The highest BCUT2D eigenvalue weighted by molar-refractivity contribution is 14.0. The van der Waals surface area contributed by atoms with Gasteiger partial charge in [-0.3, -0.25) is 4.99 Å². The molecule has 0 saturated carbocycles. The third-order valence-electron chi connectivity index (χ3n) is 2.48. The molecule has 1 aromatic heterocycles. The van der Waals surface area contributed by atoms with Gasteiger partial charge in [0.15, 0.2) is 5.96 Å². The van der Waals surface area contributed by atoms with E-state index in [-0.39, 0.29) is 24.0 Å². The summed E-state index contributed by atoms with van der Waals surface area (Å²) in [5, 5.41) is 10.8. The average molecular weight is 397 g/mol. The number of thiophene rings is 1. The number of halogens is 1. The molecule has 0 aliphatic rings. The number of nitrogens with zero attached hydrogens (tertiary/aromatic N) is 1. The third-order valence-corrected chi connectivity index (χ3v) is 3.21. The van der Waals surface area contributed by atoms with Gasteiger partial charge in [0, 0.05) is 33.4 Å². The highest BCUT2D eigenvalue weighted by Gasteiger charge is 1.98. The first-order valence-electron chi connectivity index (χ1n) is 6.40. The monoisotopic (exact) mass is 397 g/mol. The van der Waals surface area contributed by atoms with Crippen LogP contribution in [0.5, 0.6) is 0 Å². The van der Waals surface area contributed by atoms with Gasteiger partial charge in [0.2, 0.25) is 0 Å². The van der Waals surface area contributed by atoms with Gasteiger partial charge in [-0.1, -0.05) is 0 Å². The number of hydrogen-bond donors (Lipinski definition) is 2. The van der Waals surface area contributed by atoms with E-state index in [9.17, 15) is 0 Å². The Morgan fingerprint density at radius 1 is 1.37 bits per heavy atom. The van der Waals surface area contributed by atoms with Crippen molar-refractivity contribution < 1.29 is 4.74 Å². The molecule has 0 saturated heterocycles. The van der Waals surface area contributed by atoms with Crippen LogP contribution < -0.4 is 10.6 Å². The predicted molar refractivity (Wildman–Crippen MR) is 93.7 cm³/mol. The summed E-state index contributed by atoms with van der Waals surface area (Å²) in [7, 11) is 1.79. The van der Waals surface area contributed by atoms with E-state index in [2.05, 4.69) is 32.5 Å². The number of unbranched alkanes of at least 4 members (excludes halogenated alkanes) is 1. The van der Waals surface area contributed by atoms with Gasteiger partial charge in [-0.05, 0) is 42.2 Å². The number of rotatable bonds is 8. The Bertz CT molecular complexity index is 331. The van der Waals surface area contributed by atoms with Crippen LogP contribution in [0.3, 0.4) is 0 Å². The fourth-order valence-electron chi connectivity index (χ4n) is 1.48. The summed E-state index contributed by atoms with van der Waals surface area (Å²) in [4.78, 5) is 4.19. The molecular weight excluding hydrogens is 373 g/mol. The molecule has 19 heavy (non-hydrogen) atoms. The van der Waals surface area contributed by atoms with E-state index in [1.165, 1.54) is 5.56 Å². The largest absolute Gasteiger partial charge is 0.382 e. The van der Waals surface area contributed by atoms with Crippen molar-refractivity contribution in [1.82, 2.24) is 10.6 Å². The number of guanidine groups is 1. The molecular formula is C13H24IN3OS. The van der Waals surface area contributed by atoms with Crippen molar-refractivity contribution in [1.29, 1.82) is 0 Å². The van der Waals surface area contributed by atoms with Crippen molar-refractivity contribution in [2.45, 2.75) is 26.3 Å². The van der Waals surface area contributed by atoms with Gasteiger partial charge in [0.05, 0.1) is 0 Å². The summed E-state index contributed by atoms with van der Waals surface area (Å²) in [5.74, 6) is 0.859. The molecule has 6 heteroatoms. The standard InChI is InChI=1S/C13H23N3OS.HI/c1-3-17-8-5-4-7-15-13(14-2)16-10-12-6-9-18-11-12;/h6,9,11H,3-5,7-8,10H2,1-2H3,(H2,14,15,16);1H. The van der Waals surface area contributed by atoms with Crippen molar-refractivity contribution in [3.8, 4) is 0 Å². The van der Waals surface area contributed by atoms with E-state index in [0.717, 1.165) is 45.1 Å². The van der Waals surface area contributed by atoms with Crippen LogP contribution in [0.1, 0.15) is 25.3 Å². The number of aliphatic imine (C=N–C) groups is 1. The summed E-state index contributed by atoms with van der Waals surface area (Å²) in [6.45, 7) is 5.42. The second-order valence-electron chi connectivity index (χ2n) is 3.89. The molecule has 1 heterocycles. The van der Waals surface area contributed by atoms with Crippen molar-refractivity contribution in [3.63, 3.8) is 0 Å². The van der Waals surface area contributed by atoms with Crippen molar-refractivity contribution in [2.75, 3.05) is 26.8 Å². The van der Waals surface area contributed by atoms with E-state index in [1.54, 1.807) is 18.4 Å². The molecule has 110 valence electrons. The zero-order valence-corrected chi connectivity index (χ0v) is 14.8. The van der Waals surface area contributed by atoms with Gasteiger partial charge in [-0.15, -0.1) is 24.0 Å². The van der Waals surface area contributed by atoms with Crippen molar-refractivity contribution >= 4 is 41.3 Å². The quantitative estimate of drug-likeness (QED) is 0.307. The zero-order valence-electron chi connectivity index (χ0n) is 11.6. The number of hydrogen-bond acceptors (Lipinski definition) is 3. The van der Waals surface area contributed by atoms with Gasteiger partial charge in [0.25, 0.3) is 0 Å². The zero-order chi connectivity index (χ0) is 13.1. The van der Waals surface area contributed by atoms with Crippen LogP contribution in [-0.4, -0.2) is 32.8 Å². The summed E-state index contributed by atoms with van der Waals surface area (Å²) in [5.41, 5.74) is 1.29. The van der Waals surface area contributed by atoms with E-state index in [1.807, 2.05) is 6.92 Å². The van der Waals surface area contributed by atoms with Crippen molar-refractivity contribution in [3.05, 3.63) is 22.4 Å². The van der Waals surface area contributed by atoms with Crippen LogP contribution in [-0.2, 0) is 11.3 Å². The Labute approximate surface area is 137 Å². The van der Waals surface area contributed by atoms with Gasteiger partial charge >= 0.3 is 0 Å². The fourth-order valence-corrected chi connectivity index (χ4v) is 2.15. The van der Waals surface area contributed by atoms with Crippen LogP contribution in [0.15, 0.2) is 21.8 Å². The normalized spacial score (nSPS) is 10.9. The molecule has 0 aliphatic heterocycles. The fraction of sp³-hybridized carbons (Fsp3) is 0.615. The predicted octanol–water partition coefficient (Wildman–Crippen LogP) is 2.85. The molecule has 0 aliphatic carbocycles. The van der Waals surface area contributed by atoms with Crippen LogP contribution in [0, 0.1) is 0 Å². The molecule has 2 N–H and O–H groups in total. The summed E-state index contributed by atoms with van der Waals surface area (Å²) < 4.78 is 5.29. The lowest BCUT2D eigenvalue weighted by Crippen LogP contribution is -2.37. The first-order valence-corrected chi connectivity index (χ1v) is 7.34. The molecule has 0 unspecified atom stereocenters. The van der Waals surface area contributed by atoms with E-state index in [0.29, 0.717) is 0 Å². The first kappa shape index (κ1) is 18.7. The first-order chi connectivity index (χ1) is 8.86. The second kappa shape index (κ2) is 12.7. The van der Waals surface area contributed by atoms with E-state index >= 15 is 0 Å². The molecule has 1 rings (SSSR count). The van der Waals surface area contributed by atoms with Gasteiger partial charge in [0.1, 0.15) is 0 Å². The van der Waals surface area contributed by atoms with E-state index in [4.69, 9.17) is 4.74 Å². The second-order valence-corrected chi connectivity index (χ2v) is 4.67. The SMILES string of the molecule is CCOCCCCNC(=NC)NCc1ccsc1.I. The molecule has 0 spiro atoms. The topological polar surface area (TPSA) is 45.6 Å². The Morgan fingerprint density at radius 2 is 2.21 bits per heavy atom. The minimum atomic E-state index is 0. The highest BCUT2D eigenvalue weighted by Crippen LogP contribution is 2.04. The van der Waals surface area contributed by atoms with Crippen LogP contribution >= 0.6 is 35.3 Å². The third kappa shape index (κ3) is 9.23. The van der Waals surface area contributed by atoms with Crippen LogP contribution in [0.25, 0.3) is 0 Å². The minimum absolute atomic E-state index is 0. The van der Waals surface area contributed by atoms with Crippen molar-refractivity contribution in [2.24, 2.45) is 4.99 Å². The Morgan fingerprint density at radius 3 is 2.84 bits per heavy atom.